The summed E-state index contributed by atoms with van der Waals surface area (Å²) in [6.45, 7) is 5.58. The van der Waals surface area contributed by atoms with E-state index >= 15 is 0 Å². The van der Waals surface area contributed by atoms with E-state index in [1.54, 1.807) is 26.8 Å². The Hall–Kier alpha value is -1.75. The first-order valence-electron chi connectivity index (χ1n) is 7.60. The molecule has 1 aromatic rings. The van der Waals surface area contributed by atoms with Crippen LogP contribution in [-0.4, -0.2) is 35.2 Å². The predicted octanol–water partition coefficient (Wildman–Crippen LogP) is 2.26. The van der Waals surface area contributed by atoms with Crippen molar-refractivity contribution in [3.05, 3.63) is 34.9 Å². The Kier molecular flexibility index (Phi) is 5.19. The lowest BCUT2D eigenvalue weighted by molar-refractivity contribution is -0.310. The summed E-state index contributed by atoms with van der Waals surface area (Å²) in [5, 5.41) is 12.0. The van der Waals surface area contributed by atoms with Crippen molar-refractivity contribution in [1.29, 1.82) is 0 Å². The molecule has 2 atom stereocenters. The van der Waals surface area contributed by atoms with Gasteiger partial charge in [0.1, 0.15) is 5.60 Å². The van der Waals surface area contributed by atoms with Crippen molar-refractivity contribution in [2.75, 3.05) is 6.54 Å². The summed E-state index contributed by atoms with van der Waals surface area (Å²) in [5.74, 6) is -1.21. The Bertz CT molecular complexity index is 597. The number of carboxylic acid groups (broad SMARTS) is 1. The fraction of sp³-hybridized carbons (Fsp3) is 0.529. The number of aliphatic carboxylic acids is 1. The second-order valence-electron chi connectivity index (χ2n) is 6.90. The predicted molar refractivity (Wildman–Crippen MR) is 85.0 cm³/mol. The van der Waals surface area contributed by atoms with Gasteiger partial charge >= 0.3 is 6.09 Å². The average molecular weight is 339 g/mol. The molecule has 0 aliphatic carbocycles. The Balaban J connectivity index is 2.08. The molecule has 1 fully saturated rings. The SMILES string of the molecule is CC(C)(C)OC(=O)N1C[C@H](Cc2cccc(Cl)c2)C[C@H]1C(=O)[O-]. The molecule has 6 heteroatoms. The summed E-state index contributed by atoms with van der Waals surface area (Å²) in [5.41, 5.74) is 0.351. The molecule has 23 heavy (non-hydrogen) atoms. The summed E-state index contributed by atoms with van der Waals surface area (Å²) in [6, 6.07) is 6.49. The van der Waals surface area contributed by atoms with E-state index in [0.717, 1.165) is 5.56 Å². The highest BCUT2D eigenvalue weighted by Gasteiger charge is 2.38. The van der Waals surface area contributed by atoms with Gasteiger partial charge in [-0.2, -0.15) is 0 Å². The minimum absolute atomic E-state index is 0.0314. The first kappa shape index (κ1) is 17.6. The minimum atomic E-state index is -1.25. The van der Waals surface area contributed by atoms with Crippen LogP contribution in [0.4, 0.5) is 4.79 Å². The third-order valence-corrected chi connectivity index (χ3v) is 3.94. The van der Waals surface area contributed by atoms with E-state index in [-0.39, 0.29) is 5.92 Å². The Morgan fingerprint density at radius 2 is 2.09 bits per heavy atom. The molecule has 1 aromatic carbocycles. The largest absolute Gasteiger partial charge is 0.548 e. The number of benzene rings is 1. The summed E-state index contributed by atoms with van der Waals surface area (Å²) in [4.78, 5) is 24.8. The Morgan fingerprint density at radius 3 is 2.65 bits per heavy atom. The highest BCUT2D eigenvalue weighted by atomic mass is 35.5. The van der Waals surface area contributed by atoms with Crippen LogP contribution >= 0.6 is 11.6 Å². The highest BCUT2D eigenvalue weighted by Crippen LogP contribution is 2.28. The zero-order valence-corrected chi connectivity index (χ0v) is 14.3. The van der Waals surface area contributed by atoms with Gasteiger partial charge in [-0.1, -0.05) is 23.7 Å². The number of amides is 1. The first-order valence-corrected chi connectivity index (χ1v) is 7.98. The van der Waals surface area contributed by atoms with Crippen LogP contribution in [0.3, 0.4) is 0 Å². The van der Waals surface area contributed by atoms with Crippen LogP contribution in [0.15, 0.2) is 24.3 Å². The lowest BCUT2D eigenvalue weighted by Gasteiger charge is -2.28. The van der Waals surface area contributed by atoms with Gasteiger partial charge < -0.3 is 14.6 Å². The fourth-order valence-corrected chi connectivity index (χ4v) is 3.03. The van der Waals surface area contributed by atoms with Gasteiger partial charge in [0.25, 0.3) is 0 Å². The molecule has 1 heterocycles. The summed E-state index contributed by atoms with van der Waals surface area (Å²) in [7, 11) is 0. The van der Waals surface area contributed by atoms with E-state index in [9.17, 15) is 14.7 Å². The Labute approximate surface area is 141 Å². The van der Waals surface area contributed by atoms with E-state index < -0.39 is 23.7 Å². The zero-order valence-electron chi connectivity index (χ0n) is 13.5. The van der Waals surface area contributed by atoms with Gasteiger partial charge in [-0.05, 0) is 57.2 Å². The topological polar surface area (TPSA) is 69.7 Å². The van der Waals surface area contributed by atoms with E-state index in [4.69, 9.17) is 16.3 Å². The normalized spacial score (nSPS) is 21.3. The van der Waals surface area contributed by atoms with Gasteiger partial charge in [-0.25, -0.2) is 4.79 Å². The van der Waals surface area contributed by atoms with Gasteiger partial charge in [0, 0.05) is 11.6 Å². The molecule has 0 unspecified atom stereocenters. The third-order valence-electron chi connectivity index (χ3n) is 3.70. The molecule has 0 radical (unpaired) electrons. The van der Waals surface area contributed by atoms with Crippen LogP contribution in [0.2, 0.25) is 5.02 Å². The number of ether oxygens (including phenoxy) is 1. The number of likely N-dealkylation sites (tertiary alicyclic amines) is 1. The number of carbonyl (C=O) groups excluding carboxylic acids is 2. The van der Waals surface area contributed by atoms with Crippen LogP contribution < -0.4 is 5.11 Å². The number of carbonyl (C=O) groups is 2. The monoisotopic (exact) mass is 338 g/mol. The lowest BCUT2D eigenvalue weighted by atomic mass is 9.97. The average Bonchev–Trinajstić information content (AvgIpc) is 2.81. The first-order chi connectivity index (χ1) is 10.7. The van der Waals surface area contributed by atoms with Gasteiger partial charge in [0.05, 0.1) is 12.0 Å². The maximum absolute atomic E-state index is 12.2. The quantitative estimate of drug-likeness (QED) is 0.847. The second-order valence-corrected chi connectivity index (χ2v) is 7.34. The number of carboxylic acids is 1. The number of hydrogen-bond donors (Lipinski definition) is 0. The standard InChI is InChI=1S/C17H22ClNO4/c1-17(2,3)23-16(22)19-10-12(9-14(19)15(20)21)7-11-5-4-6-13(18)8-11/h4-6,8,12,14H,7,9-10H2,1-3H3,(H,20,21)/p-1/t12-,14+/m1/s1. The second kappa shape index (κ2) is 6.79. The van der Waals surface area contributed by atoms with Crippen molar-refractivity contribution in [2.24, 2.45) is 5.92 Å². The third kappa shape index (κ3) is 4.86. The number of rotatable bonds is 3. The molecular formula is C17H21ClNO4-. The minimum Gasteiger partial charge on any atom is -0.548 e. The molecule has 0 bridgehead atoms. The molecule has 0 aromatic heterocycles. The summed E-state index contributed by atoms with van der Waals surface area (Å²) < 4.78 is 5.29. The number of nitrogens with zero attached hydrogens (tertiary/aromatic N) is 1. The van der Waals surface area contributed by atoms with Crippen molar-refractivity contribution in [2.45, 2.75) is 45.3 Å². The van der Waals surface area contributed by atoms with Crippen molar-refractivity contribution >= 4 is 23.7 Å². The molecule has 1 saturated heterocycles. The maximum atomic E-state index is 12.2. The van der Waals surface area contributed by atoms with E-state index in [0.29, 0.717) is 24.4 Å². The smallest absolute Gasteiger partial charge is 0.410 e. The molecule has 0 N–H and O–H groups in total. The number of hydrogen-bond acceptors (Lipinski definition) is 4. The van der Waals surface area contributed by atoms with E-state index in [1.807, 2.05) is 18.2 Å². The molecule has 0 spiro atoms. The van der Waals surface area contributed by atoms with Gasteiger partial charge in [0.2, 0.25) is 0 Å². The van der Waals surface area contributed by atoms with Crippen LogP contribution in [0.5, 0.6) is 0 Å². The fourth-order valence-electron chi connectivity index (χ4n) is 2.81. The van der Waals surface area contributed by atoms with Gasteiger partial charge in [0.15, 0.2) is 0 Å². The highest BCUT2D eigenvalue weighted by molar-refractivity contribution is 6.30. The van der Waals surface area contributed by atoms with Crippen molar-refractivity contribution < 1.29 is 19.4 Å². The zero-order chi connectivity index (χ0) is 17.2. The molecule has 5 nitrogen and oxygen atoms in total. The van der Waals surface area contributed by atoms with Gasteiger partial charge in [-0.15, -0.1) is 0 Å². The van der Waals surface area contributed by atoms with E-state index in [1.165, 1.54) is 4.90 Å². The van der Waals surface area contributed by atoms with Crippen molar-refractivity contribution in [3.8, 4) is 0 Å². The molecule has 126 valence electrons. The van der Waals surface area contributed by atoms with Crippen LogP contribution in [0, 0.1) is 5.92 Å². The van der Waals surface area contributed by atoms with E-state index in [2.05, 4.69) is 0 Å². The molecule has 0 saturated carbocycles. The van der Waals surface area contributed by atoms with Gasteiger partial charge in [-0.3, -0.25) is 4.90 Å². The van der Waals surface area contributed by atoms with Crippen molar-refractivity contribution in [1.82, 2.24) is 4.90 Å². The molecule has 2 rings (SSSR count). The van der Waals surface area contributed by atoms with Crippen LogP contribution in [0.1, 0.15) is 32.8 Å². The summed E-state index contributed by atoms with van der Waals surface area (Å²) >= 11 is 5.97. The molecule has 1 amide bonds. The van der Waals surface area contributed by atoms with Crippen LogP contribution in [0.25, 0.3) is 0 Å². The summed E-state index contributed by atoms with van der Waals surface area (Å²) in [6.07, 6.45) is 0.401. The molecule has 1 aliphatic heterocycles. The number of halogens is 1. The Morgan fingerprint density at radius 1 is 1.39 bits per heavy atom. The lowest BCUT2D eigenvalue weighted by Crippen LogP contribution is -2.48. The molecule has 1 aliphatic rings. The molecular weight excluding hydrogens is 318 g/mol. The van der Waals surface area contributed by atoms with Crippen molar-refractivity contribution in [3.63, 3.8) is 0 Å². The van der Waals surface area contributed by atoms with Crippen LogP contribution in [-0.2, 0) is 16.0 Å². The maximum Gasteiger partial charge on any atom is 0.410 e.